The molecular weight excluding hydrogens is 445 g/mol. The highest BCUT2D eigenvalue weighted by atomic mass is 19.4. The number of hydrogen-bond donors (Lipinski definition) is 1. The van der Waals surface area contributed by atoms with Crippen molar-refractivity contribution in [1.82, 2.24) is 15.3 Å². The molecule has 1 amide bonds. The number of halogens is 3. The van der Waals surface area contributed by atoms with E-state index in [4.69, 9.17) is 4.74 Å². The zero-order valence-corrected chi connectivity index (χ0v) is 18.7. The Labute approximate surface area is 195 Å². The van der Waals surface area contributed by atoms with E-state index in [9.17, 15) is 18.0 Å². The molecule has 1 aromatic heterocycles. The highest BCUT2D eigenvalue weighted by molar-refractivity contribution is 5.79. The first-order chi connectivity index (χ1) is 16.3. The van der Waals surface area contributed by atoms with Gasteiger partial charge in [0.05, 0.1) is 5.56 Å². The first kappa shape index (κ1) is 23.5. The number of rotatable bonds is 6. The Morgan fingerprint density at radius 3 is 2.56 bits per heavy atom. The van der Waals surface area contributed by atoms with E-state index in [1.54, 1.807) is 18.5 Å². The molecule has 34 heavy (non-hydrogen) atoms. The quantitative estimate of drug-likeness (QED) is 0.541. The van der Waals surface area contributed by atoms with E-state index < -0.39 is 11.7 Å². The van der Waals surface area contributed by atoms with Crippen LogP contribution >= 0.6 is 0 Å². The number of piperidine rings is 1. The molecule has 6 nitrogen and oxygen atoms in total. The van der Waals surface area contributed by atoms with Gasteiger partial charge < -0.3 is 15.0 Å². The van der Waals surface area contributed by atoms with Gasteiger partial charge in [-0.15, -0.1) is 0 Å². The van der Waals surface area contributed by atoms with E-state index >= 15 is 0 Å². The summed E-state index contributed by atoms with van der Waals surface area (Å²) in [5.41, 5.74) is 0.675. The summed E-state index contributed by atoms with van der Waals surface area (Å²) in [6.45, 7) is 3.19. The lowest BCUT2D eigenvalue weighted by Crippen LogP contribution is -2.40. The predicted octanol–water partition coefficient (Wildman–Crippen LogP) is 5.13. The van der Waals surface area contributed by atoms with Gasteiger partial charge in [0.15, 0.2) is 5.82 Å². The molecule has 0 spiro atoms. The van der Waals surface area contributed by atoms with Crippen LogP contribution in [0.2, 0.25) is 0 Å². The topological polar surface area (TPSA) is 67.4 Å². The number of carbonyl (C=O) groups excluding carboxylic acids is 1. The fourth-order valence-electron chi connectivity index (χ4n) is 3.93. The molecule has 0 saturated carbocycles. The maximum Gasteiger partial charge on any atom is 0.416 e. The van der Waals surface area contributed by atoms with Gasteiger partial charge in [-0.05, 0) is 49.1 Å². The van der Waals surface area contributed by atoms with E-state index in [0.29, 0.717) is 48.9 Å². The zero-order chi connectivity index (χ0) is 24.1. The molecule has 0 aliphatic carbocycles. The van der Waals surface area contributed by atoms with E-state index in [2.05, 4.69) is 15.3 Å². The first-order valence-corrected chi connectivity index (χ1v) is 11.0. The number of aromatic nitrogens is 2. The van der Waals surface area contributed by atoms with Crippen LogP contribution < -0.4 is 15.0 Å². The van der Waals surface area contributed by atoms with Gasteiger partial charge in [-0.1, -0.05) is 30.3 Å². The molecule has 9 heteroatoms. The normalized spacial score (nSPS) is 14.6. The number of nitrogens with one attached hydrogen (secondary N) is 1. The molecule has 2 aromatic carbocycles. The van der Waals surface area contributed by atoms with E-state index in [0.717, 1.165) is 17.7 Å². The fourth-order valence-corrected chi connectivity index (χ4v) is 3.93. The first-order valence-electron chi connectivity index (χ1n) is 11.0. The molecule has 1 fully saturated rings. The highest BCUT2D eigenvalue weighted by Gasteiger charge is 2.31. The van der Waals surface area contributed by atoms with Crippen molar-refractivity contribution in [2.24, 2.45) is 5.92 Å². The van der Waals surface area contributed by atoms with Gasteiger partial charge in [0.2, 0.25) is 5.91 Å². The summed E-state index contributed by atoms with van der Waals surface area (Å²) in [7, 11) is 0. The van der Waals surface area contributed by atoms with Crippen LogP contribution in [0.5, 0.6) is 11.6 Å². The Hall–Kier alpha value is -3.62. The van der Waals surface area contributed by atoms with Crippen LogP contribution in [-0.2, 0) is 17.5 Å². The van der Waals surface area contributed by atoms with Gasteiger partial charge in [0.1, 0.15) is 5.75 Å². The van der Waals surface area contributed by atoms with E-state index in [-0.39, 0.29) is 18.4 Å². The second-order valence-corrected chi connectivity index (χ2v) is 8.23. The lowest BCUT2D eigenvalue weighted by atomic mass is 9.95. The fraction of sp³-hybridized carbons (Fsp3) is 0.320. The van der Waals surface area contributed by atoms with Crippen LogP contribution in [0.3, 0.4) is 0 Å². The number of alkyl halides is 3. The predicted molar refractivity (Wildman–Crippen MR) is 122 cm³/mol. The Morgan fingerprint density at radius 1 is 1.09 bits per heavy atom. The van der Waals surface area contributed by atoms with Crippen molar-refractivity contribution in [3.05, 3.63) is 77.6 Å². The summed E-state index contributed by atoms with van der Waals surface area (Å²) >= 11 is 0. The standard InChI is InChI=1S/C25H25F3N4O2/c1-17-5-2-3-8-21(17)34-24-22(29-11-12-30-24)32-13-9-19(10-14-32)23(33)31-16-18-6-4-7-20(15-18)25(26,27)28/h2-8,11-12,15,19H,9-10,13-14,16H2,1H3,(H,31,33). The van der Waals surface area contributed by atoms with Crippen LogP contribution in [-0.4, -0.2) is 29.0 Å². The van der Waals surface area contributed by atoms with Crippen molar-refractivity contribution in [2.45, 2.75) is 32.5 Å². The molecule has 0 radical (unpaired) electrons. The van der Waals surface area contributed by atoms with Crippen LogP contribution in [0.15, 0.2) is 60.9 Å². The lowest BCUT2D eigenvalue weighted by Gasteiger charge is -2.32. The maximum absolute atomic E-state index is 12.9. The Kier molecular flexibility index (Phi) is 7.00. The van der Waals surface area contributed by atoms with E-state index in [1.807, 2.05) is 36.1 Å². The lowest BCUT2D eigenvalue weighted by molar-refractivity contribution is -0.137. The molecule has 1 aliphatic rings. The van der Waals surface area contributed by atoms with Crippen LogP contribution in [0.4, 0.5) is 19.0 Å². The van der Waals surface area contributed by atoms with Crippen molar-refractivity contribution in [3.8, 4) is 11.6 Å². The number of amides is 1. The summed E-state index contributed by atoms with van der Waals surface area (Å²) < 4.78 is 44.7. The molecular formula is C25H25F3N4O2. The molecule has 1 N–H and O–H groups in total. The van der Waals surface area contributed by atoms with Gasteiger partial charge in [-0.25, -0.2) is 9.97 Å². The molecule has 0 atom stereocenters. The summed E-state index contributed by atoms with van der Waals surface area (Å²) in [6.07, 6.45) is -0.0441. The molecule has 1 aliphatic heterocycles. The molecule has 1 saturated heterocycles. The van der Waals surface area contributed by atoms with Gasteiger partial charge in [-0.3, -0.25) is 4.79 Å². The van der Waals surface area contributed by atoms with Crippen molar-refractivity contribution in [2.75, 3.05) is 18.0 Å². The summed E-state index contributed by atoms with van der Waals surface area (Å²) in [6, 6.07) is 12.6. The second-order valence-electron chi connectivity index (χ2n) is 8.23. The number of carbonyl (C=O) groups is 1. The number of nitrogens with zero attached hydrogens (tertiary/aromatic N) is 3. The Morgan fingerprint density at radius 2 is 1.82 bits per heavy atom. The van der Waals surface area contributed by atoms with Crippen LogP contribution in [0.25, 0.3) is 0 Å². The molecule has 4 rings (SSSR count). The van der Waals surface area contributed by atoms with Crippen molar-refractivity contribution < 1.29 is 22.7 Å². The van der Waals surface area contributed by atoms with Gasteiger partial charge in [0.25, 0.3) is 5.88 Å². The largest absolute Gasteiger partial charge is 0.436 e. The van der Waals surface area contributed by atoms with Gasteiger partial charge in [0, 0.05) is 37.9 Å². The van der Waals surface area contributed by atoms with Crippen molar-refractivity contribution >= 4 is 11.7 Å². The Balaban J connectivity index is 1.34. The molecule has 0 unspecified atom stereocenters. The third-order valence-electron chi connectivity index (χ3n) is 5.83. The maximum atomic E-state index is 12.9. The summed E-state index contributed by atoms with van der Waals surface area (Å²) in [5.74, 6) is 1.35. The van der Waals surface area contributed by atoms with Crippen molar-refractivity contribution in [3.63, 3.8) is 0 Å². The van der Waals surface area contributed by atoms with Gasteiger partial charge >= 0.3 is 6.18 Å². The summed E-state index contributed by atoms with van der Waals surface area (Å²) in [5, 5.41) is 2.77. The smallest absolute Gasteiger partial charge is 0.416 e. The van der Waals surface area contributed by atoms with Gasteiger partial charge in [-0.2, -0.15) is 13.2 Å². The molecule has 178 valence electrons. The molecule has 0 bridgehead atoms. The number of anilines is 1. The number of benzene rings is 2. The average Bonchev–Trinajstić information content (AvgIpc) is 2.84. The highest BCUT2D eigenvalue weighted by Crippen LogP contribution is 2.32. The minimum atomic E-state index is -4.41. The minimum Gasteiger partial charge on any atom is -0.436 e. The van der Waals surface area contributed by atoms with Crippen molar-refractivity contribution in [1.29, 1.82) is 0 Å². The number of ether oxygens (including phenoxy) is 1. The number of aryl methyl sites for hydroxylation is 1. The Bertz CT molecular complexity index is 1140. The molecule has 3 aromatic rings. The van der Waals surface area contributed by atoms with E-state index in [1.165, 1.54) is 6.07 Å². The summed E-state index contributed by atoms with van der Waals surface area (Å²) in [4.78, 5) is 23.5. The SMILES string of the molecule is Cc1ccccc1Oc1nccnc1N1CCC(C(=O)NCc2cccc(C(F)(F)F)c2)CC1. The third-order valence-corrected chi connectivity index (χ3v) is 5.83. The number of para-hydroxylation sites is 1. The minimum absolute atomic E-state index is 0.0571. The number of hydrogen-bond acceptors (Lipinski definition) is 5. The third kappa shape index (κ3) is 5.65. The van der Waals surface area contributed by atoms with Crippen LogP contribution in [0, 0.1) is 12.8 Å². The monoisotopic (exact) mass is 470 g/mol. The average molecular weight is 470 g/mol. The second kappa shape index (κ2) is 10.1. The van der Waals surface area contributed by atoms with Crippen LogP contribution in [0.1, 0.15) is 29.5 Å². The molecule has 2 heterocycles. The zero-order valence-electron chi connectivity index (χ0n) is 18.7.